The lowest BCUT2D eigenvalue weighted by atomic mass is 9.81. The van der Waals surface area contributed by atoms with Crippen molar-refractivity contribution in [2.45, 2.75) is 44.4 Å². The molecule has 2 heteroatoms. The first-order valence-corrected chi connectivity index (χ1v) is 21.7. The van der Waals surface area contributed by atoms with Crippen molar-refractivity contribution < 1.29 is 0 Å². The molecule has 1 unspecified atom stereocenters. The lowest BCUT2D eigenvalue weighted by Gasteiger charge is -2.32. The lowest BCUT2D eigenvalue weighted by Crippen LogP contribution is -2.23. The van der Waals surface area contributed by atoms with Crippen molar-refractivity contribution in [1.82, 2.24) is 4.57 Å². The van der Waals surface area contributed by atoms with Crippen LogP contribution in [0.5, 0.6) is 0 Å². The monoisotopic (exact) mass is 784 g/mol. The van der Waals surface area contributed by atoms with E-state index in [2.05, 4.69) is 236 Å². The third-order valence-corrected chi connectivity index (χ3v) is 13.3. The first-order valence-electron chi connectivity index (χ1n) is 21.7. The maximum Gasteiger partial charge on any atom is 0.0584 e. The second kappa shape index (κ2) is 15.1. The van der Waals surface area contributed by atoms with E-state index >= 15 is 0 Å². The van der Waals surface area contributed by atoms with Gasteiger partial charge in [0.2, 0.25) is 0 Å². The first-order chi connectivity index (χ1) is 30.0. The van der Waals surface area contributed by atoms with Gasteiger partial charge in [0, 0.05) is 45.1 Å². The maximum atomic E-state index is 2.48. The topological polar surface area (TPSA) is 8.17 Å². The van der Waals surface area contributed by atoms with Crippen LogP contribution in [-0.2, 0) is 5.41 Å². The van der Waals surface area contributed by atoms with Crippen LogP contribution < -0.4 is 4.90 Å². The number of aromatic nitrogens is 1. The molecule has 0 bridgehead atoms. The number of hydrogen-bond acceptors (Lipinski definition) is 1. The van der Waals surface area contributed by atoms with E-state index in [1.807, 2.05) is 0 Å². The molecule has 0 fully saturated rings. The molecule has 0 amide bonds. The molecule has 294 valence electrons. The summed E-state index contributed by atoms with van der Waals surface area (Å²) >= 11 is 0. The van der Waals surface area contributed by atoms with Gasteiger partial charge in [0.25, 0.3) is 0 Å². The molecule has 0 aliphatic heterocycles. The second-order valence-electron chi connectivity index (χ2n) is 17.2. The van der Waals surface area contributed by atoms with E-state index in [-0.39, 0.29) is 5.41 Å². The molecule has 0 saturated heterocycles. The molecular formula is C59H48N2. The quantitative estimate of drug-likeness (QED) is 0.149. The minimum absolute atomic E-state index is 0.109. The summed E-state index contributed by atoms with van der Waals surface area (Å²) in [6, 6.07) is 66.7. The van der Waals surface area contributed by atoms with E-state index in [1.54, 1.807) is 0 Å². The Morgan fingerprint density at radius 2 is 1.20 bits per heavy atom. The van der Waals surface area contributed by atoms with Crippen molar-refractivity contribution in [2.24, 2.45) is 0 Å². The van der Waals surface area contributed by atoms with Crippen LogP contribution in [0.25, 0.3) is 55.7 Å². The smallest absolute Gasteiger partial charge is 0.0584 e. The highest BCUT2D eigenvalue weighted by Gasteiger charge is 2.40. The van der Waals surface area contributed by atoms with Crippen LogP contribution in [0.2, 0.25) is 0 Å². The number of nitrogens with zero attached hydrogens (tertiary/aromatic N) is 2. The third kappa shape index (κ3) is 6.51. The normalized spacial score (nSPS) is 16.4. The van der Waals surface area contributed by atoms with Gasteiger partial charge >= 0.3 is 0 Å². The highest BCUT2D eigenvalue weighted by molar-refractivity contribution is 6.01. The van der Waals surface area contributed by atoms with Crippen molar-refractivity contribution in [1.29, 1.82) is 0 Å². The van der Waals surface area contributed by atoms with Gasteiger partial charge in [-0.15, -0.1) is 0 Å². The average molecular weight is 785 g/mol. The fourth-order valence-corrected chi connectivity index (χ4v) is 10.1. The zero-order valence-corrected chi connectivity index (χ0v) is 34.8. The van der Waals surface area contributed by atoms with Gasteiger partial charge in [0.1, 0.15) is 0 Å². The predicted octanol–water partition coefficient (Wildman–Crippen LogP) is 15.5. The zero-order chi connectivity index (χ0) is 40.9. The van der Waals surface area contributed by atoms with Gasteiger partial charge in [-0.05, 0) is 118 Å². The van der Waals surface area contributed by atoms with Crippen molar-refractivity contribution in [2.75, 3.05) is 4.90 Å². The van der Waals surface area contributed by atoms with Crippen LogP contribution in [0.15, 0.2) is 224 Å². The molecule has 1 heterocycles. The Morgan fingerprint density at radius 1 is 0.574 bits per heavy atom. The molecule has 0 radical (unpaired) electrons. The Labute approximate surface area is 359 Å². The number of hydrogen-bond donors (Lipinski definition) is 0. The molecule has 8 aromatic rings. The summed E-state index contributed by atoms with van der Waals surface area (Å²) in [5, 5.41) is 1.33. The Balaban J connectivity index is 0.905. The standard InChI is InChI=1S/C59H48N2/c1-59(2)55-21-13-12-20-53(55)58-57(59)54-40-48(32-39-56(54)61(58)49-18-10-5-11-19-49)47-24-22-43(23-25-47)46-30-37-52(38-31-46)60(50-33-26-44(27-34-50)41-14-6-3-7-15-41)51-35-28-45(29-36-51)42-16-8-4-9-17-42/h3-28,30,32-37,39-40,45H,29,31,38H2,1-2H3. The first kappa shape index (κ1) is 36.9. The Morgan fingerprint density at radius 3 is 1.90 bits per heavy atom. The summed E-state index contributed by atoms with van der Waals surface area (Å²) < 4.78 is 2.48. The Bertz CT molecular complexity index is 3030. The predicted molar refractivity (Wildman–Crippen MR) is 257 cm³/mol. The zero-order valence-electron chi connectivity index (χ0n) is 34.8. The van der Waals surface area contributed by atoms with Crippen LogP contribution in [-0.4, -0.2) is 4.57 Å². The largest absolute Gasteiger partial charge is 0.315 e. The molecule has 0 saturated carbocycles. The molecule has 11 rings (SSSR count). The van der Waals surface area contributed by atoms with Gasteiger partial charge in [-0.25, -0.2) is 0 Å². The number of benzene rings is 7. The molecule has 1 atom stereocenters. The van der Waals surface area contributed by atoms with Crippen molar-refractivity contribution in [3.63, 3.8) is 0 Å². The van der Waals surface area contributed by atoms with Crippen molar-refractivity contribution in [3.05, 3.63) is 246 Å². The number of rotatable bonds is 8. The lowest BCUT2D eigenvalue weighted by molar-refractivity contribution is 0.666. The molecule has 61 heavy (non-hydrogen) atoms. The summed E-state index contributed by atoms with van der Waals surface area (Å²) in [4.78, 5) is 2.47. The van der Waals surface area contributed by atoms with E-state index in [1.165, 1.54) is 95.0 Å². The van der Waals surface area contributed by atoms with Gasteiger partial charge in [-0.3, -0.25) is 0 Å². The minimum atomic E-state index is -0.109. The highest BCUT2D eigenvalue weighted by Crippen LogP contribution is 2.54. The Kier molecular flexibility index (Phi) is 9.16. The summed E-state index contributed by atoms with van der Waals surface area (Å²) in [6.45, 7) is 4.77. The maximum absolute atomic E-state index is 2.48. The summed E-state index contributed by atoms with van der Waals surface area (Å²) in [7, 11) is 0. The van der Waals surface area contributed by atoms with Gasteiger partial charge in [0.05, 0.1) is 11.2 Å². The van der Waals surface area contributed by atoms with Gasteiger partial charge < -0.3 is 9.47 Å². The van der Waals surface area contributed by atoms with Gasteiger partial charge in [0.15, 0.2) is 0 Å². The molecule has 2 nitrogen and oxygen atoms in total. The van der Waals surface area contributed by atoms with Gasteiger partial charge in [-0.1, -0.05) is 178 Å². The molecule has 0 N–H and O–H groups in total. The molecule has 7 aromatic carbocycles. The van der Waals surface area contributed by atoms with Crippen LogP contribution in [0, 0.1) is 0 Å². The van der Waals surface area contributed by atoms with E-state index in [0.717, 1.165) is 19.3 Å². The fraction of sp³-hybridized carbons (Fsp3) is 0.119. The van der Waals surface area contributed by atoms with Crippen molar-refractivity contribution >= 4 is 22.2 Å². The summed E-state index contributed by atoms with van der Waals surface area (Å²) in [5.41, 5.74) is 20.5. The molecule has 3 aliphatic carbocycles. The fourth-order valence-electron chi connectivity index (χ4n) is 10.1. The van der Waals surface area contributed by atoms with Crippen LogP contribution in [0.1, 0.15) is 61.3 Å². The average Bonchev–Trinajstić information content (AvgIpc) is 3.80. The van der Waals surface area contributed by atoms with E-state index in [0.29, 0.717) is 5.92 Å². The SMILES string of the molecule is CC1(C)c2ccccc2-c2c1c1cc(-c3ccc(C4=CC=C(N(C5=CCC(c6ccccc6)C=C5)c5ccc(-c6ccccc6)cc5)CC4)cc3)ccc1n2-c1ccccc1. The second-order valence-corrected chi connectivity index (χ2v) is 17.2. The number of fused-ring (bicyclic) bond motifs is 5. The molecule has 3 aliphatic rings. The molecule has 0 spiro atoms. The van der Waals surface area contributed by atoms with E-state index < -0.39 is 0 Å². The minimum Gasteiger partial charge on any atom is -0.315 e. The van der Waals surface area contributed by atoms with Gasteiger partial charge in [-0.2, -0.15) is 0 Å². The third-order valence-electron chi connectivity index (χ3n) is 13.3. The molecular weight excluding hydrogens is 737 g/mol. The van der Waals surface area contributed by atoms with Crippen molar-refractivity contribution in [3.8, 4) is 39.2 Å². The number of allylic oxidation sites excluding steroid dienone is 7. The summed E-state index contributed by atoms with van der Waals surface area (Å²) in [6.07, 6.45) is 14.7. The number of para-hydroxylation sites is 1. The number of anilines is 1. The van der Waals surface area contributed by atoms with Crippen LogP contribution in [0.3, 0.4) is 0 Å². The van der Waals surface area contributed by atoms with Crippen LogP contribution >= 0.6 is 0 Å². The highest BCUT2D eigenvalue weighted by atomic mass is 15.2. The van der Waals surface area contributed by atoms with E-state index in [9.17, 15) is 0 Å². The van der Waals surface area contributed by atoms with Crippen LogP contribution in [0.4, 0.5) is 5.69 Å². The van der Waals surface area contributed by atoms with E-state index in [4.69, 9.17) is 0 Å². The Hall–Kier alpha value is -7.16. The molecule has 1 aromatic heterocycles. The summed E-state index contributed by atoms with van der Waals surface area (Å²) in [5.74, 6) is 0.393.